The summed E-state index contributed by atoms with van der Waals surface area (Å²) in [5, 5.41) is 8.94. The van der Waals surface area contributed by atoms with Crippen molar-refractivity contribution in [2.45, 2.75) is 44.6 Å². The number of hydrogen-bond donors (Lipinski definition) is 0. The Balaban J connectivity index is 1.68. The third kappa shape index (κ3) is 3.70. The van der Waals surface area contributed by atoms with Gasteiger partial charge < -0.3 is 14.4 Å². The van der Waals surface area contributed by atoms with Crippen molar-refractivity contribution in [2.24, 2.45) is 0 Å². The second-order valence-electron chi connectivity index (χ2n) is 6.20. The van der Waals surface area contributed by atoms with Crippen molar-refractivity contribution >= 4 is 5.91 Å². The van der Waals surface area contributed by atoms with Gasteiger partial charge in [-0.1, -0.05) is 6.08 Å². The van der Waals surface area contributed by atoms with Crippen LogP contribution < -0.4 is 9.47 Å². The second-order valence-corrected chi connectivity index (χ2v) is 6.20. The highest BCUT2D eigenvalue weighted by molar-refractivity contribution is 5.80. The number of ether oxygens (including phenoxy) is 2. The topological polar surface area (TPSA) is 62.6 Å². The van der Waals surface area contributed by atoms with E-state index in [1.54, 1.807) is 18.2 Å². The molecule has 0 saturated heterocycles. The molecule has 5 heteroatoms. The summed E-state index contributed by atoms with van der Waals surface area (Å²) >= 11 is 0. The number of nitriles is 1. The molecule has 0 radical (unpaired) electrons. The summed E-state index contributed by atoms with van der Waals surface area (Å²) < 4.78 is 10.9. The maximum atomic E-state index is 12.7. The quantitative estimate of drug-likeness (QED) is 0.804. The van der Waals surface area contributed by atoms with Crippen molar-refractivity contribution in [3.63, 3.8) is 0 Å². The monoisotopic (exact) mass is 326 g/mol. The highest BCUT2D eigenvalue weighted by Gasteiger charge is 2.35. The van der Waals surface area contributed by atoms with Crippen LogP contribution in [0.2, 0.25) is 0 Å². The SMILES string of the molecule is COc1cc(C#N)ccc1OCC(=O)N(C1=CCCCC1)C1CC1. The Morgan fingerprint density at radius 3 is 2.79 bits per heavy atom. The van der Waals surface area contributed by atoms with Gasteiger partial charge in [0.2, 0.25) is 0 Å². The molecule has 0 bridgehead atoms. The molecule has 0 unspecified atom stereocenters. The first-order valence-corrected chi connectivity index (χ1v) is 8.45. The molecule has 0 aromatic heterocycles. The van der Waals surface area contributed by atoms with Crippen LogP contribution in [0.1, 0.15) is 44.1 Å². The molecule has 0 spiro atoms. The number of carbonyl (C=O) groups excluding carboxylic acids is 1. The van der Waals surface area contributed by atoms with Gasteiger partial charge in [-0.2, -0.15) is 5.26 Å². The van der Waals surface area contributed by atoms with Crippen molar-refractivity contribution in [2.75, 3.05) is 13.7 Å². The van der Waals surface area contributed by atoms with E-state index in [9.17, 15) is 4.79 Å². The Labute approximate surface area is 142 Å². The summed E-state index contributed by atoms with van der Waals surface area (Å²) in [7, 11) is 1.52. The molecule has 1 amide bonds. The highest BCUT2D eigenvalue weighted by atomic mass is 16.5. The number of nitrogens with zero attached hydrogens (tertiary/aromatic N) is 2. The van der Waals surface area contributed by atoms with Crippen LogP contribution in [0.5, 0.6) is 11.5 Å². The molecule has 0 heterocycles. The number of amides is 1. The molecule has 2 aliphatic rings. The summed E-state index contributed by atoms with van der Waals surface area (Å²) in [5.41, 5.74) is 1.65. The number of rotatable bonds is 6. The van der Waals surface area contributed by atoms with Gasteiger partial charge in [0.05, 0.1) is 18.7 Å². The molecule has 1 aromatic carbocycles. The van der Waals surface area contributed by atoms with Gasteiger partial charge in [-0.25, -0.2) is 0 Å². The average Bonchev–Trinajstić information content (AvgIpc) is 3.45. The molecule has 1 aromatic rings. The van der Waals surface area contributed by atoms with Gasteiger partial charge in [-0.15, -0.1) is 0 Å². The molecule has 3 rings (SSSR count). The molecule has 0 aliphatic heterocycles. The summed E-state index contributed by atoms with van der Waals surface area (Å²) in [4.78, 5) is 14.6. The van der Waals surface area contributed by atoms with Gasteiger partial charge in [0, 0.05) is 17.8 Å². The zero-order valence-corrected chi connectivity index (χ0v) is 14.0. The van der Waals surface area contributed by atoms with E-state index < -0.39 is 0 Å². The first-order chi connectivity index (χ1) is 11.7. The summed E-state index contributed by atoms with van der Waals surface area (Å²) in [6.07, 6.45) is 8.72. The molecule has 0 N–H and O–H groups in total. The minimum atomic E-state index is -0.0178. The van der Waals surface area contributed by atoms with Crippen molar-refractivity contribution in [3.05, 3.63) is 35.5 Å². The van der Waals surface area contributed by atoms with Crippen molar-refractivity contribution in [3.8, 4) is 17.6 Å². The summed E-state index contributed by atoms with van der Waals surface area (Å²) in [6.45, 7) is -0.0178. The maximum Gasteiger partial charge on any atom is 0.264 e. The van der Waals surface area contributed by atoms with Crippen LogP contribution in [-0.2, 0) is 4.79 Å². The first kappa shape index (κ1) is 16.4. The molecular weight excluding hydrogens is 304 g/mol. The first-order valence-electron chi connectivity index (χ1n) is 8.45. The predicted octanol–water partition coefficient (Wildman–Crippen LogP) is 3.39. The third-order valence-corrected chi connectivity index (χ3v) is 4.40. The fourth-order valence-electron chi connectivity index (χ4n) is 3.04. The van der Waals surface area contributed by atoms with Crippen LogP contribution >= 0.6 is 0 Å². The van der Waals surface area contributed by atoms with E-state index in [1.807, 2.05) is 4.90 Å². The van der Waals surface area contributed by atoms with Gasteiger partial charge in [-0.3, -0.25) is 4.79 Å². The normalized spacial score (nSPS) is 16.8. The van der Waals surface area contributed by atoms with Gasteiger partial charge in [0.1, 0.15) is 0 Å². The summed E-state index contributed by atoms with van der Waals surface area (Å²) in [5.74, 6) is 0.951. The van der Waals surface area contributed by atoms with Crippen LogP contribution in [0.25, 0.3) is 0 Å². The van der Waals surface area contributed by atoms with Crippen molar-refractivity contribution in [1.82, 2.24) is 4.90 Å². The second kappa shape index (κ2) is 7.39. The molecule has 1 fully saturated rings. The molecule has 24 heavy (non-hydrogen) atoms. The van der Waals surface area contributed by atoms with E-state index in [0.717, 1.165) is 37.8 Å². The van der Waals surface area contributed by atoms with E-state index in [4.69, 9.17) is 14.7 Å². The van der Waals surface area contributed by atoms with Crippen LogP contribution in [0.15, 0.2) is 30.0 Å². The van der Waals surface area contributed by atoms with Gasteiger partial charge in [0.25, 0.3) is 5.91 Å². The minimum Gasteiger partial charge on any atom is -0.493 e. The lowest BCUT2D eigenvalue weighted by Crippen LogP contribution is -2.36. The Morgan fingerprint density at radius 2 is 2.17 bits per heavy atom. The van der Waals surface area contributed by atoms with Crippen molar-refractivity contribution in [1.29, 1.82) is 5.26 Å². The zero-order chi connectivity index (χ0) is 16.9. The smallest absolute Gasteiger partial charge is 0.264 e. The standard InChI is InChI=1S/C19H22N2O3/c1-23-18-11-14(12-20)7-10-17(18)24-13-19(22)21(16-8-9-16)15-5-3-2-4-6-15/h5,7,10-11,16H,2-4,6,8-9,13H2,1H3. The Bertz CT molecular complexity index is 686. The van der Waals surface area contributed by atoms with E-state index in [2.05, 4.69) is 12.1 Å². The number of methoxy groups -OCH3 is 1. The predicted molar refractivity (Wildman–Crippen MR) is 89.6 cm³/mol. The van der Waals surface area contributed by atoms with Crippen LogP contribution in [0.3, 0.4) is 0 Å². The largest absolute Gasteiger partial charge is 0.493 e. The van der Waals surface area contributed by atoms with Crippen molar-refractivity contribution < 1.29 is 14.3 Å². The third-order valence-electron chi connectivity index (χ3n) is 4.40. The van der Waals surface area contributed by atoms with Crippen LogP contribution in [0.4, 0.5) is 0 Å². The molecule has 126 valence electrons. The van der Waals surface area contributed by atoms with Crippen LogP contribution in [0, 0.1) is 11.3 Å². The number of allylic oxidation sites excluding steroid dienone is 2. The molecule has 0 atom stereocenters. The van der Waals surface area contributed by atoms with Gasteiger partial charge >= 0.3 is 0 Å². The summed E-state index contributed by atoms with van der Waals surface area (Å²) in [6, 6.07) is 7.34. The average molecular weight is 326 g/mol. The molecule has 5 nitrogen and oxygen atoms in total. The van der Waals surface area contributed by atoms with Gasteiger partial charge in [-0.05, 0) is 50.7 Å². The number of benzene rings is 1. The number of hydrogen-bond acceptors (Lipinski definition) is 4. The van der Waals surface area contributed by atoms with Crippen LogP contribution in [-0.4, -0.2) is 30.6 Å². The lowest BCUT2D eigenvalue weighted by molar-refractivity contribution is -0.132. The Hall–Kier alpha value is -2.48. The minimum absolute atomic E-state index is 0.00272. The molecule has 1 saturated carbocycles. The lowest BCUT2D eigenvalue weighted by Gasteiger charge is -2.27. The molecule has 2 aliphatic carbocycles. The zero-order valence-electron chi connectivity index (χ0n) is 14.0. The van der Waals surface area contributed by atoms with E-state index in [1.165, 1.54) is 13.5 Å². The Kier molecular flexibility index (Phi) is 5.05. The van der Waals surface area contributed by atoms with E-state index >= 15 is 0 Å². The highest BCUT2D eigenvalue weighted by Crippen LogP contribution is 2.34. The molecular formula is C19H22N2O3. The Morgan fingerprint density at radius 1 is 1.33 bits per heavy atom. The lowest BCUT2D eigenvalue weighted by atomic mass is 10.0. The maximum absolute atomic E-state index is 12.7. The van der Waals surface area contributed by atoms with E-state index in [0.29, 0.717) is 23.1 Å². The van der Waals surface area contributed by atoms with E-state index in [-0.39, 0.29) is 12.5 Å². The fourth-order valence-corrected chi connectivity index (χ4v) is 3.04. The van der Waals surface area contributed by atoms with Gasteiger partial charge in [0.15, 0.2) is 18.1 Å². The fraction of sp³-hybridized carbons (Fsp3) is 0.474. The number of carbonyl (C=O) groups is 1.